The zero-order valence-corrected chi connectivity index (χ0v) is 14.6. The Kier molecular flexibility index (Phi) is 3.13. The van der Waals surface area contributed by atoms with E-state index >= 15 is 0 Å². The Morgan fingerprint density at radius 2 is 1.73 bits per heavy atom. The summed E-state index contributed by atoms with van der Waals surface area (Å²) in [7, 11) is 0. The highest BCUT2D eigenvalue weighted by Gasteiger charge is 2.24. The Hall–Kier alpha value is -3.21. The second-order valence-corrected chi connectivity index (χ2v) is 6.67. The lowest BCUT2D eigenvalue weighted by Crippen LogP contribution is -1.99. The predicted octanol–water partition coefficient (Wildman–Crippen LogP) is 4.52. The third-order valence-corrected chi connectivity index (χ3v) is 5.01. The van der Waals surface area contributed by atoms with E-state index in [1.807, 2.05) is 30.7 Å². The lowest BCUT2D eigenvalue weighted by molar-refractivity contribution is 0.627. The van der Waals surface area contributed by atoms with Crippen LogP contribution in [0.15, 0.2) is 54.6 Å². The zero-order valence-electron chi connectivity index (χ0n) is 14.6. The first kappa shape index (κ1) is 15.1. The van der Waals surface area contributed by atoms with Gasteiger partial charge in [-0.25, -0.2) is 14.1 Å². The molecule has 0 fully saturated rings. The molecule has 0 unspecified atom stereocenters. The maximum absolute atomic E-state index is 13.3. The van der Waals surface area contributed by atoms with Gasteiger partial charge in [0.05, 0.1) is 6.54 Å². The molecule has 4 nitrogen and oxygen atoms in total. The molecule has 5 heteroatoms. The Labute approximate surface area is 150 Å². The second kappa shape index (κ2) is 5.39. The van der Waals surface area contributed by atoms with Crippen molar-refractivity contribution in [3.8, 4) is 28.5 Å². The zero-order chi connectivity index (χ0) is 17.8. The van der Waals surface area contributed by atoms with E-state index in [-0.39, 0.29) is 5.82 Å². The number of halogens is 1. The van der Waals surface area contributed by atoms with Crippen LogP contribution >= 0.6 is 0 Å². The van der Waals surface area contributed by atoms with E-state index in [9.17, 15) is 4.39 Å². The van der Waals surface area contributed by atoms with Crippen LogP contribution in [0, 0.1) is 19.7 Å². The van der Waals surface area contributed by atoms with Crippen molar-refractivity contribution in [2.75, 3.05) is 0 Å². The van der Waals surface area contributed by atoms with Gasteiger partial charge >= 0.3 is 0 Å². The van der Waals surface area contributed by atoms with Crippen molar-refractivity contribution in [2.24, 2.45) is 0 Å². The van der Waals surface area contributed by atoms with Crippen molar-refractivity contribution in [2.45, 2.75) is 20.4 Å². The first-order valence-electron chi connectivity index (χ1n) is 8.60. The molecule has 0 saturated heterocycles. The fourth-order valence-corrected chi connectivity index (χ4v) is 3.78. The predicted molar refractivity (Wildman–Crippen MR) is 98.8 cm³/mol. The summed E-state index contributed by atoms with van der Waals surface area (Å²) in [4.78, 5) is 4.80. The van der Waals surface area contributed by atoms with Gasteiger partial charge in [0.1, 0.15) is 5.82 Å². The average Bonchev–Trinajstić information content (AvgIpc) is 3.27. The van der Waals surface area contributed by atoms with Crippen molar-refractivity contribution in [1.82, 2.24) is 19.3 Å². The van der Waals surface area contributed by atoms with Crippen LogP contribution in [0.2, 0.25) is 0 Å². The molecule has 2 aromatic carbocycles. The first-order chi connectivity index (χ1) is 12.6. The molecule has 1 aliphatic rings. The summed E-state index contributed by atoms with van der Waals surface area (Å²) in [5, 5.41) is 4.73. The number of nitrogens with zero attached hydrogens (tertiary/aromatic N) is 4. The molecule has 0 N–H and O–H groups in total. The van der Waals surface area contributed by atoms with Crippen LogP contribution < -0.4 is 0 Å². The minimum absolute atomic E-state index is 0.234. The normalized spacial score (nSPS) is 12.3. The molecule has 1 aliphatic heterocycles. The van der Waals surface area contributed by atoms with Crippen molar-refractivity contribution in [1.29, 1.82) is 0 Å². The highest BCUT2D eigenvalue weighted by atomic mass is 19.1. The third kappa shape index (κ3) is 2.13. The van der Waals surface area contributed by atoms with Gasteiger partial charge in [-0.1, -0.05) is 24.3 Å². The molecule has 0 bridgehead atoms. The third-order valence-electron chi connectivity index (χ3n) is 5.01. The Bertz CT molecular complexity index is 1140. The molecular weight excluding hydrogens is 327 g/mol. The van der Waals surface area contributed by atoms with E-state index in [4.69, 9.17) is 10.1 Å². The van der Waals surface area contributed by atoms with Crippen LogP contribution in [-0.2, 0) is 6.54 Å². The molecule has 3 heterocycles. The number of benzene rings is 2. The molecule has 0 amide bonds. The van der Waals surface area contributed by atoms with Crippen LogP contribution in [0.4, 0.5) is 4.39 Å². The fraction of sp³-hybridized carbons (Fsp3) is 0.143. The Balaban J connectivity index is 1.61. The summed E-state index contributed by atoms with van der Waals surface area (Å²) >= 11 is 0. The average molecular weight is 344 g/mol. The summed E-state index contributed by atoms with van der Waals surface area (Å²) < 4.78 is 17.3. The molecule has 0 radical (unpaired) electrons. The first-order valence-corrected chi connectivity index (χ1v) is 8.60. The molecule has 5 rings (SSSR count). The van der Waals surface area contributed by atoms with Gasteiger partial charge in [-0.05, 0) is 49.7 Å². The van der Waals surface area contributed by atoms with Crippen LogP contribution in [0.25, 0.3) is 28.5 Å². The molecule has 0 atom stereocenters. The summed E-state index contributed by atoms with van der Waals surface area (Å²) in [6.45, 7) is 4.85. The van der Waals surface area contributed by atoms with Crippen molar-refractivity contribution in [3.05, 3.63) is 77.4 Å². The number of hydrogen-bond donors (Lipinski definition) is 0. The number of hydrogen-bond acceptors (Lipinski definition) is 2. The number of fused-ring (bicyclic) bond motifs is 3. The van der Waals surface area contributed by atoms with Crippen LogP contribution in [-0.4, -0.2) is 19.3 Å². The summed E-state index contributed by atoms with van der Waals surface area (Å²) in [5.74, 6) is 1.42. The Morgan fingerprint density at radius 1 is 0.962 bits per heavy atom. The molecule has 26 heavy (non-hydrogen) atoms. The highest BCUT2D eigenvalue weighted by Crippen LogP contribution is 2.33. The van der Waals surface area contributed by atoms with E-state index in [1.54, 1.807) is 12.1 Å². The molecule has 4 aromatic rings. The smallest absolute Gasteiger partial charge is 0.183 e. The van der Waals surface area contributed by atoms with E-state index in [2.05, 4.69) is 22.8 Å². The maximum Gasteiger partial charge on any atom is 0.183 e. The molecule has 128 valence electrons. The lowest BCUT2D eigenvalue weighted by atomic mass is 10.1. The van der Waals surface area contributed by atoms with Crippen LogP contribution in [0.5, 0.6) is 0 Å². The SMILES string of the molecule is Cc1cc(-c2nc3n(n2)Cc2ccccc2-3)c(C)n1-c1ccc(F)cc1. The second-order valence-electron chi connectivity index (χ2n) is 6.67. The number of aryl methyl sites for hydroxylation is 1. The van der Waals surface area contributed by atoms with Crippen LogP contribution in [0.3, 0.4) is 0 Å². The van der Waals surface area contributed by atoms with E-state index in [0.29, 0.717) is 0 Å². The minimum atomic E-state index is -0.234. The topological polar surface area (TPSA) is 35.6 Å². The van der Waals surface area contributed by atoms with Gasteiger partial charge in [-0.2, -0.15) is 5.10 Å². The van der Waals surface area contributed by atoms with Crippen molar-refractivity contribution < 1.29 is 4.39 Å². The minimum Gasteiger partial charge on any atom is -0.318 e. The van der Waals surface area contributed by atoms with E-state index in [0.717, 1.165) is 46.4 Å². The maximum atomic E-state index is 13.3. The fourth-order valence-electron chi connectivity index (χ4n) is 3.78. The van der Waals surface area contributed by atoms with Crippen molar-refractivity contribution in [3.63, 3.8) is 0 Å². The quantitative estimate of drug-likeness (QED) is 0.472. The lowest BCUT2D eigenvalue weighted by Gasteiger charge is -2.09. The molecule has 0 spiro atoms. The highest BCUT2D eigenvalue weighted by molar-refractivity contribution is 5.69. The Morgan fingerprint density at radius 3 is 2.54 bits per heavy atom. The summed E-state index contributed by atoms with van der Waals surface area (Å²) in [6, 6.07) is 16.9. The van der Waals surface area contributed by atoms with Gasteiger partial charge < -0.3 is 4.57 Å². The van der Waals surface area contributed by atoms with Gasteiger partial charge in [0.2, 0.25) is 0 Å². The van der Waals surface area contributed by atoms with Gasteiger partial charge in [0.15, 0.2) is 11.6 Å². The van der Waals surface area contributed by atoms with Crippen molar-refractivity contribution >= 4 is 0 Å². The monoisotopic (exact) mass is 344 g/mol. The van der Waals surface area contributed by atoms with Gasteiger partial charge in [-0.15, -0.1) is 0 Å². The summed E-state index contributed by atoms with van der Waals surface area (Å²) in [5.41, 5.74) is 6.46. The molecule has 0 saturated carbocycles. The number of aromatic nitrogens is 4. The molecule has 2 aromatic heterocycles. The largest absolute Gasteiger partial charge is 0.318 e. The van der Waals surface area contributed by atoms with Gasteiger partial charge in [0, 0.05) is 28.2 Å². The van der Waals surface area contributed by atoms with Gasteiger partial charge in [-0.3, -0.25) is 0 Å². The van der Waals surface area contributed by atoms with E-state index < -0.39 is 0 Å². The molecule has 0 aliphatic carbocycles. The van der Waals surface area contributed by atoms with Crippen LogP contribution in [0.1, 0.15) is 17.0 Å². The number of rotatable bonds is 2. The molecular formula is C21H17FN4. The van der Waals surface area contributed by atoms with E-state index in [1.165, 1.54) is 17.7 Å². The standard InChI is InChI=1S/C21H17FN4/c1-13-11-19(14(2)26(13)17-9-7-16(22)8-10-17)20-23-21-18-6-4-3-5-15(18)12-25(21)24-20/h3-11H,12H2,1-2H3. The summed E-state index contributed by atoms with van der Waals surface area (Å²) in [6.07, 6.45) is 0. The van der Waals surface area contributed by atoms with Gasteiger partial charge in [0.25, 0.3) is 0 Å².